The number of nitrogens with one attached hydrogen (secondary N) is 2. The lowest BCUT2D eigenvalue weighted by Crippen LogP contribution is -2.42. The van der Waals surface area contributed by atoms with Gasteiger partial charge < -0.3 is 0 Å². The Morgan fingerprint density at radius 2 is 1.28 bits per heavy atom. The molecule has 0 saturated heterocycles. The van der Waals surface area contributed by atoms with E-state index >= 15 is 0 Å². The fraction of sp³-hybridized carbons (Fsp3) is 0.278. The van der Waals surface area contributed by atoms with Gasteiger partial charge in [0.15, 0.2) is 0 Å². The molecule has 25 heavy (non-hydrogen) atoms. The van der Waals surface area contributed by atoms with Crippen molar-refractivity contribution >= 4 is 27.5 Å². The average molecular weight is 381 g/mol. The maximum Gasteiger partial charge on any atom is 0.266 e. The molecule has 0 aliphatic carbocycles. The molecular weight excluding hydrogens is 360 g/mol. The summed E-state index contributed by atoms with van der Waals surface area (Å²) in [4.78, 5) is 14.5. The summed E-state index contributed by atoms with van der Waals surface area (Å²) < 4.78 is 25.5. The topological polar surface area (TPSA) is 75.3 Å². The number of hydrogen-bond acceptors (Lipinski definition) is 3. The van der Waals surface area contributed by atoms with Gasteiger partial charge >= 0.3 is 0 Å². The molecule has 2 rings (SSSR count). The van der Waals surface area contributed by atoms with Crippen LogP contribution in [0.15, 0.2) is 29.2 Å². The summed E-state index contributed by atoms with van der Waals surface area (Å²) >= 11 is 5.78. The molecule has 0 aliphatic heterocycles. The molecule has 0 unspecified atom stereocenters. The highest BCUT2D eigenvalue weighted by molar-refractivity contribution is 7.89. The number of halogens is 1. The van der Waals surface area contributed by atoms with Crippen LogP contribution in [0.25, 0.3) is 0 Å². The van der Waals surface area contributed by atoms with Crippen LogP contribution in [-0.4, -0.2) is 14.3 Å². The van der Waals surface area contributed by atoms with Gasteiger partial charge in [-0.15, -0.1) is 4.83 Å². The van der Waals surface area contributed by atoms with Gasteiger partial charge in [0, 0.05) is 10.6 Å². The van der Waals surface area contributed by atoms with Crippen molar-refractivity contribution in [3.8, 4) is 0 Å². The summed E-state index contributed by atoms with van der Waals surface area (Å²) in [5, 5.41) is 0.494. The van der Waals surface area contributed by atoms with E-state index in [9.17, 15) is 13.2 Å². The van der Waals surface area contributed by atoms with E-state index in [0.29, 0.717) is 21.7 Å². The van der Waals surface area contributed by atoms with Crippen molar-refractivity contribution in [2.24, 2.45) is 0 Å². The molecule has 134 valence electrons. The summed E-state index contributed by atoms with van der Waals surface area (Å²) in [6, 6.07) is 6.16. The van der Waals surface area contributed by atoms with Crippen molar-refractivity contribution in [1.29, 1.82) is 0 Å². The number of amides is 1. The van der Waals surface area contributed by atoms with E-state index in [1.807, 2.05) is 20.8 Å². The van der Waals surface area contributed by atoms with Gasteiger partial charge in [0.2, 0.25) is 0 Å². The first-order chi connectivity index (χ1) is 11.6. The lowest BCUT2D eigenvalue weighted by Gasteiger charge is -2.19. The molecule has 0 saturated carbocycles. The Morgan fingerprint density at radius 3 is 1.76 bits per heavy atom. The Bertz CT molecular complexity index is 907. The summed E-state index contributed by atoms with van der Waals surface area (Å²) in [6.45, 7) is 9.29. The van der Waals surface area contributed by atoms with E-state index in [-0.39, 0.29) is 4.90 Å². The Hall–Kier alpha value is -1.89. The Balaban J connectivity index is 2.31. The van der Waals surface area contributed by atoms with Gasteiger partial charge in [0.1, 0.15) is 0 Å². The molecule has 2 aromatic carbocycles. The van der Waals surface area contributed by atoms with Crippen molar-refractivity contribution in [3.63, 3.8) is 0 Å². The maximum absolute atomic E-state index is 12.7. The third-order valence-electron chi connectivity index (χ3n) is 4.61. The van der Waals surface area contributed by atoms with E-state index in [0.717, 1.165) is 16.7 Å². The first-order valence-electron chi connectivity index (χ1n) is 7.71. The van der Waals surface area contributed by atoms with E-state index in [2.05, 4.69) is 10.3 Å². The SMILES string of the molecule is Cc1c(C)c(C)c(S(=O)(=O)NNC(=O)c2ccc(Cl)cc2)c(C)c1C. The van der Waals surface area contributed by atoms with Gasteiger partial charge in [-0.2, -0.15) is 0 Å². The first-order valence-corrected chi connectivity index (χ1v) is 9.57. The molecule has 0 aromatic heterocycles. The van der Waals surface area contributed by atoms with E-state index < -0.39 is 15.9 Å². The highest BCUT2D eigenvalue weighted by atomic mass is 35.5. The molecule has 5 nitrogen and oxygen atoms in total. The van der Waals surface area contributed by atoms with Crippen molar-refractivity contribution < 1.29 is 13.2 Å². The van der Waals surface area contributed by atoms with Crippen LogP contribution in [0.3, 0.4) is 0 Å². The molecule has 1 amide bonds. The number of hydrazine groups is 1. The average Bonchev–Trinajstić information content (AvgIpc) is 2.57. The highest BCUT2D eigenvalue weighted by Crippen LogP contribution is 2.29. The second-order valence-corrected chi connectivity index (χ2v) is 8.08. The van der Waals surface area contributed by atoms with Gasteiger partial charge in [-0.1, -0.05) is 11.6 Å². The predicted octanol–water partition coefficient (Wildman–Crippen LogP) is 3.51. The Morgan fingerprint density at radius 1 is 0.840 bits per heavy atom. The quantitative estimate of drug-likeness (QED) is 0.797. The molecule has 0 radical (unpaired) electrons. The zero-order valence-corrected chi connectivity index (χ0v) is 16.4. The number of sulfonamides is 1. The van der Waals surface area contributed by atoms with Crippen LogP contribution < -0.4 is 10.3 Å². The number of carbonyl (C=O) groups excluding carboxylic acids is 1. The molecule has 0 atom stereocenters. The van der Waals surface area contributed by atoms with E-state index in [1.165, 1.54) is 12.1 Å². The minimum absolute atomic E-state index is 0.199. The minimum Gasteiger partial charge on any atom is -0.273 e. The molecule has 7 heteroatoms. The van der Waals surface area contributed by atoms with Crippen molar-refractivity contribution in [2.75, 3.05) is 0 Å². The third kappa shape index (κ3) is 3.86. The smallest absolute Gasteiger partial charge is 0.266 e. The third-order valence-corrected chi connectivity index (χ3v) is 6.38. The first kappa shape index (κ1) is 19.4. The molecule has 0 heterocycles. The normalized spacial score (nSPS) is 11.4. The Labute approximate surface area is 153 Å². The van der Waals surface area contributed by atoms with Crippen LogP contribution in [-0.2, 0) is 10.0 Å². The second kappa shape index (κ2) is 7.15. The van der Waals surface area contributed by atoms with E-state index in [1.54, 1.807) is 26.0 Å². The molecule has 0 spiro atoms. The van der Waals surface area contributed by atoms with Crippen LogP contribution in [0.5, 0.6) is 0 Å². The van der Waals surface area contributed by atoms with Crippen LogP contribution in [0.2, 0.25) is 5.02 Å². The fourth-order valence-electron chi connectivity index (χ4n) is 2.71. The summed E-state index contributed by atoms with van der Waals surface area (Å²) in [5.41, 5.74) is 6.81. The fourth-order valence-corrected chi connectivity index (χ4v) is 4.27. The van der Waals surface area contributed by atoms with Gasteiger partial charge in [-0.05, 0) is 86.7 Å². The molecule has 2 aromatic rings. The summed E-state index contributed by atoms with van der Waals surface area (Å²) in [7, 11) is -3.90. The number of benzene rings is 2. The van der Waals surface area contributed by atoms with Gasteiger partial charge in [-0.25, -0.2) is 8.42 Å². The highest BCUT2D eigenvalue weighted by Gasteiger charge is 2.24. The largest absolute Gasteiger partial charge is 0.273 e. The maximum atomic E-state index is 12.7. The molecule has 0 aliphatic rings. The summed E-state index contributed by atoms with van der Waals surface area (Å²) in [5.74, 6) is -0.559. The molecule has 2 N–H and O–H groups in total. The van der Waals surface area contributed by atoms with Crippen LogP contribution in [0, 0.1) is 34.6 Å². The monoisotopic (exact) mass is 380 g/mol. The lowest BCUT2D eigenvalue weighted by molar-refractivity contribution is 0.0945. The van der Waals surface area contributed by atoms with Crippen LogP contribution >= 0.6 is 11.6 Å². The zero-order chi connectivity index (χ0) is 18.9. The van der Waals surface area contributed by atoms with E-state index in [4.69, 9.17) is 11.6 Å². The number of rotatable bonds is 4. The van der Waals surface area contributed by atoms with Gasteiger partial charge in [-0.3, -0.25) is 10.2 Å². The van der Waals surface area contributed by atoms with Crippen molar-refractivity contribution in [3.05, 3.63) is 62.7 Å². The van der Waals surface area contributed by atoms with Crippen LogP contribution in [0.1, 0.15) is 38.2 Å². The van der Waals surface area contributed by atoms with Crippen molar-refractivity contribution in [1.82, 2.24) is 10.3 Å². The lowest BCUT2D eigenvalue weighted by atomic mass is 9.95. The standard InChI is InChI=1S/C18H21ClN2O3S/c1-10-11(2)13(4)17(14(5)12(10)3)25(23,24)21-20-18(22)15-6-8-16(19)9-7-15/h6-9,21H,1-5H3,(H,20,22). The predicted molar refractivity (Wildman–Crippen MR) is 99.4 cm³/mol. The van der Waals surface area contributed by atoms with Gasteiger partial charge in [0.05, 0.1) is 4.90 Å². The van der Waals surface area contributed by atoms with Crippen LogP contribution in [0.4, 0.5) is 0 Å². The zero-order valence-electron chi connectivity index (χ0n) is 14.8. The van der Waals surface area contributed by atoms with Gasteiger partial charge in [0.25, 0.3) is 15.9 Å². The number of carbonyl (C=O) groups is 1. The molecule has 0 bridgehead atoms. The molecular formula is C18H21ClN2O3S. The molecule has 0 fully saturated rings. The minimum atomic E-state index is -3.90. The number of hydrogen-bond donors (Lipinski definition) is 2. The second-order valence-electron chi connectivity index (χ2n) is 6.02. The Kier molecular flexibility index (Phi) is 5.56. The van der Waals surface area contributed by atoms with Crippen molar-refractivity contribution in [2.45, 2.75) is 39.5 Å². The summed E-state index contributed by atoms with van der Waals surface area (Å²) in [6.07, 6.45) is 0.